The predicted molar refractivity (Wildman–Crippen MR) is 164 cm³/mol. The van der Waals surface area contributed by atoms with Crippen molar-refractivity contribution in [3.63, 3.8) is 0 Å². The summed E-state index contributed by atoms with van der Waals surface area (Å²) >= 11 is 1.70. The van der Waals surface area contributed by atoms with Gasteiger partial charge in [-0.15, -0.1) is 11.3 Å². The predicted octanol–water partition coefficient (Wildman–Crippen LogP) is 9.65. The number of hydrogen-bond acceptors (Lipinski definition) is 5. The minimum absolute atomic E-state index is 0.694. The van der Waals surface area contributed by atoms with Crippen LogP contribution in [0.2, 0.25) is 0 Å². The number of fused-ring (bicyclic) bond motifs is 4. The molecular formula is C35H21N3OS. The van der Waals surface area contributed by atoms with E-state index >= 15 is 0 Å². The van der Waals surface area contributed by atoms with Gasteiger partial charge in [0.15, 0.2) is 5.82 Å². The molecule has 188 valence electrons. The quantitative estimate of drug-likeness (QED) is 0.227. The number of nitrogens with zero attached hydrogens (tertiary/aromatic N) is 3. The Balaban J connectivity index is 1.32. The molecule has 0 aliphatic heterocycles. The molecular weight excluding hydrogens is 510 g/mol. The van der Waals surface area contributed by atoms with E-state index in [4.69, 9.17) is 19.4 Å². The van der Waals surface area contributed by atoms with Gasteiger partial charge in [-0.05, 0) is 36.4 Å². The molecule has 0 radical (unpaired) electrons. The lowest BCUT2D eigenvalue weighted by Crippen LogP contribution is -1.96. The molecule has 0 amide bonds. The SMILES string of the molecule is c1ccc(-c2cc(-c3cccc4oc5cc(-c6nc7ccccc7s6)ccc5c34)nc(-c3ccccc3)n2)cc1. The van der Waals surface area contributed by atoms with Gasteiger partial charge in [-0.25, -0.2) is 15.0 Å². The fraction of sp³-hybridized carbons (Fsp3) is 0. The van der Waals surface area contributed by atoms with E-state index in [1.54, 1.807) is 11.3 Å². The Bertz CT molecular complexity index is 2070. The molecule has 0 saturated carbocycles. The minimum atomic E-state index is 0.694. The summed E-state index contributed by atoms with van der Waals surface area (Å²) in [6, 6.07) is 43.2. The van der Waals surface area contributed by atoms with Crippen molar-refractivity contribution < 1.29 is 4.42 Å². The third kappa shape index (κ3) is 3.87. The van der Waals surface area contributed by atoms with Crippen molar-refractivity contribution in [2.24, 2.45) is 0 Å². The fourth-order valence-electron chi connectivity index (χ4n) is 5.23. The topological polar surface area (TPSA) is 51.8 Å². The van der Waals surface area contributed by atoms with Gasteiger partial charge in [0, 0.05) is 33.0 Å². The van der Waals surface area contributed by atoms with Crippen LogP contribution >= 0.6 is 11.3 Å². The largest absolute Gasteiger partial charge is 0.456 e. The summed E-state index contributed by atoms with van der Waals surface area (Å²) in [6.07, 6.45) is 0. The molecule has 0 unspecified atom stereocenters. The normalized spacial score (nSPS) is 11.5. The number of thiazole rings is 1. The molecule has 0 N–H and O–H groups in total. The highest BCUT2D eigenvalue weighted by atomic mass is 32.1. The van der Waals surface area contributed by atoms with Crippen molar-refractivity contribution in [3.8, 4) is 44.5 Å². The van der Waals surface area contributed by atoms with Crippen LogP contribution in [0.1, 0.15) is 0 Å². The molecule has 0 aliphatic rings. The van der Waals surface area contributed by atoms with Gasteiger partial charge in [-0.2, -0.15) is 0 Å². The fourth-order valence-corrected chi connectivity index (χ4v) is 6.19. The zero-order valence-electron chi connectivity index (χ0n) is 21.3. The minimum Gasteiger partial charge on any atom is -0.456 e. The molecule has 0 bridgehead atoms. The third-order valence-electron chi connectivity index (χ3n) is 7.14. The first kappa shape index (κ1) is 22.8. The molecule has 3 heterocycles. The van der Waals surface area contributed by atoms with E-state index < -0.39 is 0 Å². The lowest BCUT2D eigenvalue weighted by atomic mass is 10.0. The smallest absolute Gasteiger partial charge is 0.160 e. The van der Waals surface area contributed by atoms with Crippen LogP contribution in [0.4, 0.5) is 0 Å². The highest BCUT2D eigenvalue weighted by Gasteiger charge is 2.17. The number of para-hydroxylation sites is 1. The van der Waals surface area contributed by atoms with Crippen molar-refractivity contribution in [3.05, 3.63) is 127 Å². The van der Waals surface area contributed by atoms with Gasteiger partial charge in [-0.1, -0.05) is 91.0 Å². The Labute approximate surface area is 234 Å². The number of benzene rings is 5. The Morgan fingerprint density at radius 2 is 1.27 bits per heavy atom. The summed E-state index contributed by atoms with van der Waals surface area (Å²) in [7, 11) is 0. The number of hydrogen-bond donors (Lipinski definition) is 0. The summed E-state index contributed by atoms with van der Waals surface area (Å²) in [6.45, 7) is 0. The molecule has 0 fully saturated rings. The molecule has 5 heteroatoms. The molecule has 40 heavy (non-hydrogen) atoms. The first-order valence-electron chi connectivity index (χ1n) is 13.1. The van der Waals surface area contributed by atoms with Crippen LogP contribution in [0.25, 0.3) is 76.6 Å². The molecule has 4 nitrogen and oxygen atoms in total. The van der Waals surface area contributed by atoms with Crippen molar-refractivity contribution in [2.45, 2.75) is 0 Å². The second-order valence-corrected chi connectivity index (χ2v) is 10.7. The van der Waals surface area contributed by atoms with E-state index in [1.807, 2.05) is 72.8 Å². The van der Waals surface area contributed by atoms with E-state index in [1.165, 1.54) is 4.70 Å². The van der Waals surface area contributed by atoms with Crippen LogP contribution < -0.4 is 0 Å². The molecule has 0 aliphatic carbocycles. The van der Waals surface area contributed by atoms with Crippen molar-refractivity contribution in [1.82, 2.24) is 15.0 Å². The van der Waals surface area contributed by atoms with Gasteiger partial charge >= 0.3 is 0 Å². The zero-order chi connectivity index (χ0) is 26.5. The van der Waals surface area contributed by atoms with Crippen LogP contribution in [0, 0.1) is 0 Å². The molecule has 3 aromatic heterocycles. The highest BCUT2D eigenvalue weighted by Crippen LogP contribution is 2.40. The van der Waals surface area contributed by atoms with Crippen molar-refractivity contribution >= 4 is 43.5 Å². The summed E-state index contributed by atoms with van der Waals surface area (Å²) in [4.78, 5) is 14.9. The van der Waals surface area contributed by atoms with E-state index in [0.717, 1.165) is 66.1 Å². The molecule has 0 saturated heterocycles. The standard InChI is InChI=1S/C35H21N3OS/c1-3-10-22(11-4-1)28-21-29(37-34(36-28)23-12-5-2-6-13-23)25-14-9-16-30-33(25)26-19-18-24(20-31(26)39-30)35-38-27-15-7-8-17-32(27)40-35/h1-21H. The Morgan fingerprint density at radius 1 is 0.525 bits per heavy atom. The second-order valence-electron chi connectivity index (χ2n) is 9.67. The Kier molecular flexibility index (Phi) is 5.28. The monoisotopic (exact) mass is 531 g/mol. The zero-order valence-corrected chi connectivity index (χ0v) is 22.1. The van der Waals surface area contributed by atoms with E-state index in [2.05, 4.69) is 54.6 Å². The van der Waals surface area contributed by atoms with E-state index in [0.29, 0.717) is 5.82 Å². The molecule has 5 aromatic carbocycles. The van der Waals surface area contributed by atoms with Gasteiger partial charge in [0.05, 0.1) is 21.6 Å². The lowest BCUT2D eigenvalue weighted by Gasteiger charge is -2.10. The lowest BCUT2D eigenvalue weighted by molar-refractivity contribution is 0.669. The van der Waals surface area contributed by atoms with Gasteiger partial charge in [0.25, 0.3) is 0 Å². The number of aromatic nitrogens is 3. The maximum absolute atomic E-state index is 6.41. The van der Waals surface area contributed by atoms with Gasteiger partial charge in [0.1, 0.15) is 16.2 Å². The maximum atomic E-state index is 6.41. The van der Waals surface area contributed by atoms with Gasteiger partial charge in [0.2, 0.25) is 0 Å². The molecule has 0 atom stereocenters. The molecule has 8 aromatic rings. The average molecular weight is 532 g/mol. The first-order valence-corrected chi connectivity index (χ1v) is 13.9. The molecule has 8 rings (SSSR count). The summed E-state index contributed by atoms with van der Waals surface area (Å²) in [5.74, 6) is 0.694. The van der Waals surface area contributed by atoms with Gasteiger partial charge in [-0.3, -0.25) is 0 Å². The van der Waals surface area contributed by atoms with Gasteiger partial charge < -0.3 is 4.42 Å². The highest BCUT2D eigenvalue weighted by molar-refractivity contribution is 7.21. The number of rotatable bonds is 4. The van der Waals surface area contributed by atoms with Crippen LogP contribution in [0.15, 0.2) is 132 Å². The van der Waals surface area contributed by atoms with Crippen molar-refractivity contribution in [2.75, 3.05) is 0 Å². The van der Waals surface area contributed by atoms with Crippen LogP contribution in [0.5, 0.6) is 0 Å². The summed E-state index contributed by atoms with van der Waals surface area (Å²) < 4.78 is 7.59. The second kappa shape index (κ2) is 9.26. The Hall–Kier alpha value is -5.13. The first-order chi connectivity index (χ1) is 19.8. The van der Waals surface area contributed by atoms with Crippen LogP contribution in [-0.2, 0) is 0 Å². The molecule has 0 spiro atoms. The summed E-state index contributed by atoms with van der Waals surface area (Å²) in [5, 5.41) is 3.08. The third-order valence-corrected chi connectivity index (χ3v) is 8.23. The van der Waals surface area contributed by atoms with Crippen LogP contribution in [0.3, 0.4) is 0 Å². The maximum Gasteiger partial charge on any atom is 0.160 e. The van der Waals surface area contributed by atoms with E-state index in [9.17, 15) is 0 Å². The van der Waals surface area contributed by atoms with Crippen molar-refractivity contribution in [1.29, 1.82) is 0 Å². The summed E-state index contributed by atoms with van der Waals surface area (Å²) in [5.41, 5.74) is 8.51. The average Bonchev–Trinajstić information content (AvgIpc) is 3.63. The van der Waals surface area contributed by atoms with E-state index in [-0.39, 0.29) is 0 Å². The Morgan fingerprint density at radius 3 is 2.10 bits per heavy atom. The number of furan rings is 1. The van der Waals surface area contributed by atoms with Crippen LogP contribution in [-0.4, -0.2) is 15.0 Å².